The monoisotopic (exact) mass is 299 g/mol. The van der Waals surface area contributed by atoms with E-state index in [9.17, 15) is 13.2 Å². The lowest BCUT2D eigenvalue weighted by Gasteiger charge is -2.23. The second-order valence-corrected chi connectivity index (χ2v) is 6.57. The molecule has 0 saturated heterocycles. The molecule has 0 aromatic heterocycles. The number of carbonyl (C=O) groups is 1. The number of nitrogens with one attached hydrogen (secondary N) is 1. The lowest BCUT2D eigenvalue weighted by molar-refractivity contribution is -0.131. The Morgan fingerprint density at radius 3 is 2.30 bits per heavy atom. The van der Waals surface area contributed by atoms with Crippen LogP contribution in [0.2, 0.25) is 0 Å². The van der Waals surface area contributed by atoms with E-state index in [1.807, 2.05) is 0 Å². The first-order valence-corrected chi connectivity index (χ1v) is 7.30. The fraction of sp³-hybridized carbons (Fsp3) is 0.308. The molecule has 0 heterocycles. The number of carboxylic acid groups (broad SMARTS) is 1. The van der Waals surface area contributed by atoms with E-state index in [0.29, 0.717) is 5.56 Å². The van der Waals surface area contributed by atoms with E-state index in [1.54, 1.807) is 13.8 Å². The Balaban J connectivity index is 2.96. The summed E-state index contributed by atoms with van der Waals surface area (Å²) < 4.78 is 26.5. The maximum atomic E-state index is 12.0. The minimum Gasteiger partial charge on any atom is -0.478 e. The summed E-state index contributed by atoms with van der Waals surface area (Å²) in [7, 11) is -3.73. The van der Waals surface area contributed by atoms with Gasteiger partial charge < -0.3 is 10.2 Å². The van der Waals surface area contributed by atoms with Crippen LogP contribution in [0.3, 0.4) is 0 Å². The number of aliphatic hydroxyl groups excluding tert-OH is 1. The number of aliphatic carboxylic acids is 1. The van der Waals surface area contributed by atoms with Crippen molar-refractivity contribution in [1.82, 2.24) is 4.72 Å². The van der Waals surface area contributed by atoms with Gasteiger partial charge in [0.1, 0.15) is 0 Å². The molecule has 1 aromatic carbocycles. The third kappa shape index (κ3) is 4.76. The van der Waals surface area contributed by atoms with Crippen LogP contribution in [0.15, 0.2) is 35.2 Å². The maximum Gasteiger partial charge on any atom is 0.328 e. The molecule has 0 fully saturated rings. The highest BCUT2D eigenvalue weighted by molar-refractivity contribution is 7.89. The Kier molecular flexibility index (Phi) is 5.04. The van der Waals surface area contributed by atoms with Gasteiger partial charge in [-0.05, 0) is 37.6 Å². The maximum absolute atomic E-state index is 12.0. The first-order valence-electron chi connectivity index (χ1n) is 5.82. The van der Waals surface area contributed by atoms with Crippen LogP contribution in [0.25, 0.3) is 6.08 Å². The average Bonchev–Trinajstić information content (AvgIpc) is 2.35. The van der Waals surface area contributed by atoms with Crippen molar-refractivity contribution in [1.29, 1.82) is 0 Å². The molecule has 1 rings (SSSR count). The molecule has 0 bridgehead atoms. The number of benzene rings is 1. The van der Waals surface area contributed by atoms with Gasteiger partial charge in [-0.15, -0.1) is 0 Å². The van der Waals surface area contributed by atoms with Gasteiger partial charge in [0.25, 0.3) is 0 Å². The molecule has 110 valence electrons. The van der Waals surface area contributed by atoms with Gasteiger partial charge in [-0.2, -0.15) is 0 Å². The number of sulfonamides is 1. The summed E-state index contributed by atoms with van der Waals surface area (Å²) >= 11 is 0. The number of hydrogen-bond donors (Lipinski definition) is 3. The Morgan fingerprint density at radius 1 is 1.30 bits per heavy atom. The van der Waals surface area contributed by atoms with Crippen molar-refractivity contribution < 1.29 is 23.4 Å². The second-order valence-electron chi connectivity index (χ2n) is 4.89. The first kappa shape index (κ1) is 16.4. The summed E-state index contributed by atoms with van der Waals surface area (Å²) in [5.74, 6) is -1.08. The summed E-state index contributed by atoms with van der Waals surface area (Å²) in [4.78, 5) is 10.4. The zero-order valence-electron chi connectivity index (χ0n) is 11.2. The first-order chi connectivity index (χ1) is 9.16. The normalized spacial score (nSPS) is 12.8. The fourth-order valence-corrected chi connectivity index (χ4v) is 2.78. The van der Waals surface area contributed by atoms with Gasteiger partial charge in [-0.3, -0.25) is 0 Å². The summed E-state index contributed by atoms with van der Waals surface area (Å²) in [5.41, 5.74) is -0.381. The molecule has 7 heteroatoms. The van der Waals surface area contributed by atoms with Crippen molar-refractivity contribution in [2.24, 2.45) is 0 Å². The molecule has 0 saturated carbocycles. The molecule has 1 aromatic rings. The number of carboxylic acids is 1. The van der Waals surface area contributed by atoms with Crippen molar-refractivity contribution in [3.05, 3.63) is 35.9 Å². The Morgan fingerprint density at radius 2 is 1.85 bits per heavy atom. The predicted molar refractivity (Wildman–Crippen MR) is 74.6 cm³/mol. The van der Waals surface area contributed by atoms with E-state index in [-0.39, 0.29) is 11.5 Å². The van der Waals surface area contributed by atoms with Crippen molar-refractivity contribution in [3.8, 4) is 0 Å². The zero-order chi connectivity index (χ0) is 15.4. The fourth-order valence-electron chi connectivity index (χ4n) is 1.38. The molecule has 0 radical (unpaired) electrons. The van der Waals surface area contributed by atoms with Crippen LogP contribution in [-0.4, -0.2) is 36.7 Å². The lowest BCUT2D eigenvalue weighted by atomic mass is 10.1. The predicted octanol–water partition coefficient (Wildman–Crippen LogP) is 0.834. The van der Waals surface area contributed by atoms with Crippen LogP contribution >= 0.6 is 0 Å². The molecule has 20 heavy (non-hydrogen) atoms. The van der Waals surface area contributed by atoms with Crippen molar-refractivity contribution >= 4 is 22.1 Å². The van der Waals surface area contributed by atoms with Gasteiger partial charge in [0.05, 0.1) is 17.0 Å². The molecule has 0 aliphatic heterocycles. The van der Waals surface area contributed by atoms with Gasteiger partial charge in [0.15, 0.2) is 0 Å². The highest BCUT2D eigenvalue weighted by atomic mass is 32.2. The van der Waals surface area contributed by atoms with Gasteiger partial charge >= 0.3 is 5.97 Å². The van der Waals surface area contributed by atoms with E-state index in [2.05, 4.69) is 4.72 Å². The van der Waals surface area contributed by atoms with E-state index in [0.717, 1.165) is 6.08 Å². The average molecular weight is 299 g/mol. The number of rotatable bonds is 6. The minimum atomic E-state index is -3.73. The highest BCUT2D eigenvalue weighted by Gasteiger charge is 2.25. The van der Waals surface area contributed by atoms with Crippen LogP contribution in [0.4, 0.5) is 0 Å². The smallest absolute Gasteiger partial charge is 0.328 e. The van der Waals surface area contributed by atoms with Crippen LogP contribution in [0, 0.1) is 0 Å². The molecule has 0 aliphatic carbocycles. The Bertz CT molecular complexity index is 602. The molecule has 0 atom stereocenters. The number of hydrogen-bond acceptors (Lipinski definition) is 4. The molecule has 0 aliphatic rings. The molecular formula is C13H17NO5S. The summed E-state index contributed by atoms with van der Waals surface area (Å²) in [6.45, 7) is 2.80. The third-order valence-corrected chi connectivity index (χ3v) is 4.13. The Labute approximate surface area is 117 Å². The summed E-state index contributed by atoms with van der Waals surface area (Å²) in [6, 6.07) is 5.74. The molecule has 0 unspecified atom stereocenters. The molecular weight excluding hydrogens is 282 g/mol. The molecule has 0 spiro atoms. The van der Waals surface area contributed by atoms with Crippen molar-refractivity contribution in [3.63, 3.8) is 0 Å². The molecule has 0 amide bonds. The quantitative estimate of drug-likeness (QED) is 0.675. The van der Waals surface area contributed by atoms with Crippen molar-refractivity contribution in [2.75, 3.05) is 6.61 Å². The summed E-state index contributed by atoms with van der Waals surface area (Å²) in [6.07, 6.45) is 2.33. The van der Waals surface area contributed by atoms with E-state index < -0.39 is 21.5 Å². The van der Waals surface area contributed by atoms with Crippen LogP contribution in [0.5, 0.6) is 0 Å². The van der Waals surface area contributed by atoms with Crippen LogP contribution in [-0.2, 0) is 14.8 Å². The van der Waals surface area contributed by atoms with Crippen molar-refractivity contribution in [2.45, 2.75) is 24.3 Å². The zero-order valence-corrected chi connectivity index (χ0v) is 12.0. The summed E-state index contributed by atoms with van der Waals surface area (Å²) in [5, 5.41) is 17.6. The van der Waals surface area contributed by atoms with Gasteiger partial charge in [-0.25, -0.2) is 17.9 Å². The van der Waals surface area contributed by atoms with E-state index in [4.69, 9.17) is 10.2 Å². The van der Waals surface area contributed by atoms with Gasteiger partial charge in [-0.1, -0.05) is 12.1 Å². The van der Waals surface area contributed by atoms with Gasteiger partial charge in [0.2, 0.25) is 10.0 Å². The second kappa shape index (κ2) is 6.17. The number of aliphatic hydroxyl groups is 1. The SMILES string of the molecule is CC(C)(CO)NS(=O)(=O)c1ccc(/C=C/C(=O)O)cc1. The molecule has 6 nitrogen and oxygen atoms in total. The van der Waals surface area contributed by atoms with Crippen LogP contribution < -0.4 is 4.72 Å². The van der Waals surface area contributed by atoms with Crippen LogP contribution in [0.1, 0.15) is 19.4 Å². The highest BCUT2D eigenvalue weighted by Crippen LogP contribution is 2.14. The lowest BCUT2D eigenvalue weighted by Crippen LogP contribution is -2.46. The molecule has 3 N–H and O–H groups in total. The Hall–Kier alpha value is -1.70. The van der Waals surface area contributed by atoms with E-state index >= 15 is 0 Å². The largest absolute Gasteiger partial charge is 0.478 e. The third-order valence-electron chi connectivity index (χ3n) is 2.41. The minimum absolute atomic E-state index is 0.0477. The topological polar surface area (TPSA) is 104 Å². The standard InChI is InChI=1S/C13H17NO5S/c1-13(2,9-15)14-20(18,19)11-6-3-10(4-7-11)5-8-12(16)17/h3-8,14-15H,9H2,1-2H3,(H,16,17)/b8-5+. The van der Waals surface area contributed by atoms with Gasteiger partial charge in [0, 0.05) is 6.08 Å². The van der Waals surface area contributed by atoms with E-state index in [1.165, 1.54) is 30.3 Å².